The summed E-state index contributed by atoms with van der Waals surface area (Å²) in [6.45, 7) is 5.91. The highest BCUT2D eigenvalue weighted by Crippen LogP contribution is 2.30. The van der Waals surface area contributed by atoms with E-state index in [1.165, 1.54) is 12.1 Å². The average Bonchev–Trinajstić information content (AvgIpc) is 2.41. The van der Waals surface area contributed by atoms with Crippen LogP contribution in [0.15, 0.2) is 18.2 Å². The van der Waals surface area contributed by atoms with E-state index in [0.29, 0.717) is 17.2 Å². The van der Waals surface area contributed by atoms with Crippen molar-refractivity contribution >= 4 is 34.1 Å². The Morgan fingerprint density at radius 2 is 2.00 bits per heavy atom. The highest BCUT2D eigenvalue weighted by Gasteiger charge is 2.17. The highest BCUT2D eigenvalue weighted by atomic mass is 127. The molecule has 0 atom stereocenters. The molecule has 7 heteroatoms. The molecule has 2 aromatic rings. The van der Waals surface area contributed by atoms with Gasteiger partial charge in [-0.25, -0.2) is 9.97 Å². The van der Waals surface area contributed by atoms with E-state index in [1.54, 1.807) is 6.07 Å². The molecule has 0 aliphatic carbocycles. The summed E-state index contributed by atoms with van der Waals surface area (Å²) in [4.78, 5) is 19.3. The van der Waals surface area contributed by atoms with Crippen LogP contribution in [-0.4, -0.2) is 14.9 Å². The SMILES string of the molecule is Cc1ccc([N+](=O)[O-])cc1-c1nc(N)c(I)c(C(C)C)n1. The number of aromatic nitrogens is 2. The van der Waals surface area contributed by atoms with Crippen LogP contribution < -0.4 is 5.73 Å². The van der Waals surface area contributed by atoms with E-state index >= 15 is 0 Å². The van der Waals surface area contributed by atoms with Crippen LogP contribution in [-0.2, 0) is 0 Å². The second-order valence-electron chi connectivity index (χ2n) is 5.04. The molecule has 0 unspecified atom stereocenters. The quantitative estimate of drug-likeness (QED) is 0.484. The van der Waals surface area contributed by atoms with Gasteiger partial charge in [0.15, 0.2) is 5.82 Å². The molecule has 1 aromatic heterocycles. The van der Waals surface area contributed by atoms with Crippen LogP contribution in [0.25, 0.3) is 11.4 Å². The summed E-state index contributed by atoms with van der Waals surface area (Å²) in [5, 5.41) is 10.9. The van der Waals surface area contributed by atoms with E-state index in [1.807, 2.05) is 20.8 Å². The number of rotatable bonds is 3. The molecule has 0 amide bonds. The number of hydrogen-bond acceptors (Lipinski definition) is 5. The minimum Gasteiger partial charge on any atom is -0.383 e. The molecule has 0 aliphatic heterocycles. The van der Waals surface area contributed by atoms with Gasteiger partial charge in [-0.2, -0.15) is 0 Å². The predicted molar refractivity (Wildman–Crippen MR) is 90.1 cm³/mol. The lowest BCUT2D eigenvalue weighted by molar-refractivity contribution is -0.384. The lowest BCUT2D eigenvalue weighted by Crippen LogP contribution is -2.07. The third kappa shape index (κ3) is 3.12. The zero-order valence-electron chi connectivity index (χ0n) is 11.9. The smallest absolute Gasteiger partial charge is 0.270 e. The van der Waals surface area contributed by atoms with Crippen LogP contribution in [0.4, 0.5) is 11.5 Å². The van der Waals surface area contributed by atoms with Gasteiger partial charge in [0.1, 0.15) is 5.82 Å². The van der Waals surface area contributed by atoms with Gasteiger partial charge in [-0.05, 0) is 41.0 Å². The maximum atomic E-state index is 10.9. The number of hydrogen-bond donors (Lipinski definition) is 1. The largest absolute Gasteiger partial charge is 0.383 e. The van der Waals surface area contributed by atoms with E-state index < -0.39 is 4.92 Å². The van der Waals surface area contributed by atoms with Crippen LogP contribution in [0.2, 0.25) is 0 Å². The molecule has 0 saturated heterocycles. The van der Waals surface area contributed by atoms with E-state index in [2.05, 4.69) is 32.6 Å². The standard InChI is InChI=1S/C14H15IN4O2/c1-7(2)12-11(15)13(16)18-14(17-12)10-6-9(19(20)21)5-4-8(10)3/h4-7H,1-3H3,(H2,16,17,18). The Hall–Kier alpha value is -1.77. The first-order chi connectivity index (χ1) is 9.81. The number of nitrogen functional groups attached to an aromatic ring is 1. The van der Waals surface area contributed by atoms with Crippen LogP contribution in [0.3, 0.4) is 0 Å². The fourth-order valence-electron chi connectivity index (χ4n) is 1.95. The number of benzene rings is 1. The monoisotopic (exact) mass is 398 g/mol. The van der Waals surface area contributed by atoms with Crippen molar-refractivity contribution in [2.24, 2.45) is 0 Å². The van der Waals surface area contributed by atoms with Crippen LogP contribution in [0, 0.1) is 20.6 Å². The first kappa shape index (κ1) is 15.6. The topological polar surface area (TPSA) is 94.9 Å². The molecule has 2 N–H and O–H groups in total. The number of non-ortho nitro benzene ring substituents is 1. The fourth-order valence-corrected chi connectivity index (χ4v) is 2.81. The second-order valence-corrected chi connectivity index (χ2v) is 6.12. The van der Waals surface area contributed by atoms with Crippen molar-refractivity contribution in [3.63, 3.8) is 0 Å². The Morgan fingerprint density at radius 3 is 2.57 bits per heavy atom. The van der Waals surface area contributed by atoms with Crippen LogP contribution in [0.1, 0.15) is 31.0 Å². The average molecular weight is 398 g/mol. The Labute approximate surface area is 136 Å². The molecule has 0 saturated carbocycles. The zero-order valence-corrected chi connectivity index (χ0v) is 14.1. The van der Waals surface area contributed by atoms with Gasteiger partial charge in [0.25, 0.3) is 5.69 Å². The number of nitrogens with two attached hydrogens (primary N) is 1. The minimum atomic E-state index is -0.428. The number of nitro groups is 1. The van der Waals surface area contributed by atoms with Crippen molar-refractivity contribution in [3.8, 4) is 11.4 Å². The summed E-state index contributed by atoms with van der Waals surface area (Å²) in [7, 11) is 0. The Bertz CT molecular complexity index is 716. The number of halogens is 1. The molecule has 0 fully saturated rings. The summed E-state index contributed by atoms with van der Waals surface area (Å²) in [6, 6.07) is 4.65. The number of nitro benzene ring substituents is 1. The van der Waals surface area contributed by atoms with Crippen LogP contribution in [0.5, 0.6) is 0 Å². The molecular weight excluding hydrogens is 383 g/mol. The molecule has 110 valence electrons. The van der Waals surface area contributed by atoms with Gasteiger partial charge < -0.3 is 5.73 Å². The molecule has 0 bridgehead atoms. The van der Waals surface area contributed by atoms with Crippen molar-refractivity contribution < 1.29 is 4.92 Å². The van der Waals surface area contributed by atoms with Crippen molar-refractivity contribution in [2.75, 3.05) is 5.73 Å². The third-order valence-corrected chi connectivity index (χ3v) is 4.23. The van der Waals surface area contributed by atoms with E-state index in [-0.39, 0.29) is 11.6 Å². The van der Waals surface area contributed by atoms with E-state index in [4.69, 9.17) is 5.73 Å². The lowest BCUT2D eigenvalue weighted by Gasteiger charge is -2.12. The summed E-state index contributed by atoms with van der Waals surface area (Å²) in [5.41, 5.74) is 8.32. The summed E-state index contributed by atoms with van der Waals surface area (Å²) in [5.74, 6) is 1.02. The Morgan fingerprint density at radius 1 is 1.33 bits per heavy atom. The number of aryl methyl sites for hydroxylation is 1. The molecule has 6 nitrogen and oxygen atoms in total. The van der Waals surface area contributed by atoms with Gasteiger partial charge in [-0.3, -0.25) is 10.1 Å². The fraction of sp³-hybridized carbons (Fsp3) is 0.286. The Kier molecular flexibility index (Phi) is 4.40. The van der Waals surface area contributed by atoms with Gasteiger partial charge in [-0.1, -0.05) is 19.9 Å². The lowest BCUT2D eigenvalue weighted by atomic mass is 10.1. The van der Waals surface area contributed by atoms with Gasteiger partial charge >= 0.3 is 0 Å². The third-order valence-electron chi connectivity index (χ3n) is 3.12. The first-order valence-corrected chi connectivity index (χ1v) is 7.47. The summed E-state index contributed by atoms with van der Waals surface area (Å²) >= 11 is 2.12. The maximum Gasteiger partial charge on any atom is 0.270 e. The second kappa shape index (κ2) is 5.92. The molecule has 0 aliphatic rings. The Balaban J connectivity index is 2.67. The molecular formula is C14H15IN4O2. The van der Waals surface area contributed by atoms with Crippen molar-refractivity contribution in [1.29, 1.82) is 0 Å². The molecule has 21 heavy (non-hydrogen) atoms. The predicted octanol–water partition coefficient (Wildman–Crippen LogP) is 3.67. The van der Waals surface area contributed by atoms with Gasteiger partial charge in [-0.15, -0.1) is 0 Å². The maximum absolute atomic E-state index is 10.9. The van der Waals surface area contributed by atoms with E-state index in [9.17, 15) is 10.1 Å². The first-order valence-electron chi connectivity index (χ1n) is 6.39. The van der Waals surface area contributed by atoms with Crippen LogP contribution >= 0.6 is 22.6 Å². The normalized spacial score (nSPS) is 10.9. The zero-order chi connectivity index (χ0) is 15.7. The van der Waals surface area contributed by atoms with Crippen molar-refractivity contribution in [2.45, 2.75) is 26.7 Å². The minimum absolute atomic E-state index is 0.0161. The highest BCUT2D eigenvalue weighted by molar-refractivity contribution is 14.1. The van der Waals surface area contributed by atoms with E-state index in [0.717, 1.165) is 14.8 Å². The molecule has 2 rings (SSSR count). The summed E-state index contributed by atoms with van der Waals surface area (Å²) < 4.78 is 0.828. The summed E-state index contributed by atoms with van der Waals surface area (Å²) in [6.07, 6.45) is 0. The number of nitrogens with zero attached hydrogens (tertiary/aromatic N) is 3. The molecule has 0 radical (unpaired) electrons. The van der Waals surface area contributed by atoms with Crippen molar-refractivity contribution in [1.82, 2.24) is 9.97 Å². The molecule has 0 spiro atoms. The molecule has 1 heterocycles. The van der Waals surface area contributed by atoms with Crippen molar-refractivity contribution in [3.05, 3.63) is 43.1 Å². The molecule has 1 aromatic carbocycles. The van der Waals surface area contributed by atoms with Gasteiger partial charge in [0, 0.05) is 17.7 Å². The van der Waals surface area contributed by atoms with Gasteiger partial charge in [0.2, 0.25) is 0 Å². The van der Waals surface area contributed by atoms with Gasteiger partial charge in [0.05, 0.1) is 14.2 Å². The number of anilines is 1.